The molecular weight excluding hydrogens is 438 g/mol. The summed E-state index contributed by atoms with van der Waals surface area (Å²) < 4.78 is 7.39. The van der Waals surface area contributed by atoms with Gasteiger partial charge in [-0.15, -0.1) is 0 Å². The minimum atomic E-state index is -1.07. The van der Waals surface area contributed by atoms with Gasteiger partial charge in [-0.05, 0) is 36.8 Å². The van der Waals surface area contributed by atoms with Crippen LogP contribution >= 0.6 is 15.9 Å². The Balaban J connectivity index is 2.11. The van der Waals surface area contributed by atoms with Gasteiger partial charge in [0.25, 0.3) is 5.56 Å². The second-order valence-corrected chi connectivity index (χ2v) is 7.44. The summed E-state index contributed by atoms with van der Waals surface area (Å²) in [6, 6.07) is 12.3. The fourth-order valence-electron chi connectivity index (χ4n) is 2.76. The van der Waals surface area contributed by atoms with Gasteiger partial charge in [-0.3, -0.25) is 4.79 Å². The molecule has 0 aliphatic heterocycles. The summed E-state index contributed by atoms with van der Waals surface area (Å²) in [5.41, 5.74) is 0.905. The lowest BCUT2D eigenvalue weighted by molar-refractivity contribution is -0.139. The van der Waals surface area contributed by atoms with Crippen molar-refractivity contribution in [2.45, 2.75) is 26.2 Å². The number of hydrogen-bond donors (Lipinski definition) is 1. The highest BCUT2D eigenvalue weighted by atomic mass is 79.9. The fourth-order valence-corrected chi connectivity index (χ4v) is 3.12. The summed E-state index contributed by atoms with van der Waals surface area (Å²) in [6.07, 6.45) is 2.28. The monoisotopic (exact) mass is 457 g/mol. The van der Waals surface area contributed by atoms with Crippen LogP contribution in [0.3, 0.4) is 0 Å². The van der Waals surface area contributed by atoms with Gasteiger partial charge in [-0.2, -0.15) is 9.78 Å². The van der Waals surface area contributed by atoms with Crippen molar-refractivity contribution in [2.24, 2.45) is 5.10 Å². The molecule has 1 aromatic heterocycles. The van der Waals surface area contributed by atoms with Crippen LogP contribution in [0.2, 0.25) is 0 Å². The van der Waals surface area contributed by atoms with E-state index in [4.69, 9.17) is 9.84 Å². The average molecular weight is 458 g/mol. The van der Waals surface area contributed by atoms with E-state index in [-0.39, 0.29) is 11.5 Å². The summed E-state index contributed by atoms with van der Waals surface area (Å²) in [5.74, 6) is -0.122. The molecule has 2 aromatic carbocycles. The van der Waals surface area contributed by atoms with E-state index in [1.807, 2.05) is 19.9 Å². The minimum absolute atomic E-state index is 0.0198. The minimum Gasteiger partial charge on any atom is -0.481 e. The number of hydrogen-bond acceptors (Lipinski definition) is 5. The molecule has 1 atom stereocenters. The lowest BCUT2D eigenvalue weighted by Crippen LogP contribution is -2.23. The maximum atomic E-state index is 13.1. The molecule has 29 heavy (non-hydrogen) atoms. The van der Waals surface area contributed by atoms with Crippen LogP contribution in [0.25, 0.3) is 10.9 Å². The van der Waals surface area contributed by atoms with Crippen molar-refractivity contribution in [3.63, 3.8) is 0 Å². The van der Waals surface area contributed by atoms with Gasteiger partial charge in [0, 0.05) is 16.0 Å². The van der Waals surface area contributed by atoms with Crippen LogP contribution < -0.4 is 10.3 Å². The van der Waals surface area contributed by atoms with Crippen molar-refractivity contribution in [1.29, 1.82) is 0 Å². The van der Waals surface area contributed by atoms with Gasteiger partial charge in [0.2, 0.25) is 0 Å². The molecule has 1 N–H and O–H groups in total. The molecule has 0 spiro atoms. The van der Waals surface area contributed by atoms with Gasteiger partial charge in [-0.1, -0.05) is 41.9 Å². The number of aliphatic carboxylic acids is 1. The van der Waals surface area contributed by atoms with Gasteiger partial charge in [0.15, 0.2) is 6.61 Å². The Hall–Kier alpha value is -3.00. The molecule has 0 unspecified atom stereocenters. The summed E-state index contributed by atoms with van der Waals surface area (Å²) in [6.45, 7) is 3.54. The van der Waals surface area contributed by atoms with Gasteiger partial charge in [0.05, 0.1) is 17.1 Å². The second-order valence-electron chi connectivity index (χ2n) is 6.52. The predicted molar refractivity (Wildman–Crippen MR) is 115 cm³/mol. The van der Waals surface area contributed by atoms with E-state index in [2.05, 4.69) is 26.0 Å². The van der Waals surface area contributed by atoms with Crippen LogP contribution in [-0.4, -0.2) is 33.6 Å². The van der Waals surface area contributed by atoms with Crippen LogP contribution in [0.4, 0.5) is 0 Å². The van der Waals surface area contributed by atoms with Gasteiger partial charge >= 0.3 is 5.97 Å². The van der Waals surface area contributed by atoms with E-state index in [1.165, 1.54) is 10.9 Å². The number of ether oxygens (including phenoxy) is 1. The molecule has 8 heteroatoms. The third kappa shape index (κ3) is 4.71. The first kappa shape index (κ1) is 20.7. The highest BCUT2D eigenvalue weighted by molar-refractivity contribution is 9.10. The first-order valence-electron chi connectivity index (χ1n) is 9.11. The molecule has 0 aliphatic rings. The van der Waals surface area contributed by atoms with Crippen LogP contribution in [0, 0.1) is 0 Å². The van der Waals surface area contributed by atoms with Crippen LogP contribution in [0.15, 0.2) is 56.8 Å². The molecule has 1 heterocycles. The van der Waals surface area contributed by atoms with E-state index < -0.39 is 12.6 Å². The highest BCUT2D eigenvalue weighted by Gasteiger charge is 2.15. The number of benzene rings is 2. The number of carbonyl (C=O) groups is 1. The standard InChI is InChI=1S/C21H20BrN3O4/c1-3-13(2)20-24-17-9-8-15(22)10-16(17)21(28)25(20)23-11-14-6-4-5-7-18(14)29-12-19(26)27/h4-11,13H,3,12H2,1-2H3,(H,26,27)/t13-/m1/s1. The van der Waals surface area contributed by atoms with E-state index in [1.54, 1.807) is 36.4 Å². The van der Waals surface area contributed by atoms with Gasteiger partial charge in [0.1, 0.15) is 11.6 Å². The maximum absolute atomic E-state index is 13.1. The lowest BCUT2D eigenvalue weighted by Gasteiger charge is -2.14. The molecule has 0 saturated carbocycles. The Morgan fingerprint density at radius 3 is 2.83 bits per heavy atom. The van der Waals surface area contributed by atoms with Gasteiger partial charge < -0.3 is 9.84 Å². The third-order valence-electron chi connectivity index (χ3n) is 4.47. The third-order valence-corrected chi connectivity index (χ3v) is 4.96. The number of rotatable bonds is 7. The van der Waals surface area contributed by atoms with Crippen molar-refractivity contribution in [3.05, 3.63) is 68.7 Å². The summed E-state index contributed by atoms with van der Waals surface area (Å²) in [5, 5.41) is 13.7. The molecule has 0 radical (unpaired) electrons. The molecule has 0 bridgehead atoms. The number of nitrogens with zero attached hydrogens (tertiary/aromatic N) is 3. The Morgan fingerprint density at radius 1 is 1.34 bits per heavy atom. The predicted octanol–water partition coefficient (Wildman–Crippen LogP) is 4.02. The zero-order chi connectivity index (χ0) is 21.0. The van der Waals surface area contributed by atoms with E-state index in [0.717, 1.165) is 10.9 Å². The number of aromatic nitrogens is 2. The molecule has 0 aliphatic carbocycles. The van der Waals surface area contributed by atoms with Crippen molar-refractivity contribution in [1.82, 2.24) is 9.66 Å². The molecule has 0 fully saturated rings. The summed E-state index contributed by atoms with van der Waals surface area (Å²) >= 11 is 3.39. The first-order chi connectivity index (χ1) is 13.9. The first-order valence-corrected chi connectivity index (χ1v) is 9.90. The number of carboxylic acids is 1. The number of fused-ring (bicyclic) bond motifs is 1. The zero-order valence-corrected chi connectivity index (χ0v) is 17.6. The van der Waals surface area contributed by atoms with Crippen LogP contribution in [0.1, 0.15) is 37.6 Å². The van der Waals surface area contributed by atoms with Crippen molar-refractivity contribution < 1.29 is 14.6 Å². The second kappa shape index (κ2) is 9.00. The molecule has 7 nitrogen and oxygen atoms in total. The molecule has 3 rings (SSSR count). The van der Waals surface area contributed by atoms with Crippen LogP contribution in [-0.2, 0) is 4.79 Å². The normalized spacial score (nSPS) is 12.4. The summed E-state index contributed by atoms with van der Waals surface area (Å²) in [7, 11) is 0. The SMILES string of the molecule is CC[C@@H](C)c1nc2ccc(Br)cc2c(=O)n1N=Cc1ccccc1OCC(=O)O. The van der Waals surface area contributed by atoms with Crippen LogP contribution in [0.5, 0.6) is 5.75 Å². The maximum Gasteiger partial charge on any atom is 0.341 e. The number of halogens is 1. The Labute approximate surface area is 175 Å². The highest BCUT2D eigenvalue weighted by Crippen LogP contribution is 2.21. The molecule has 3 aromatic rings. The largest absolute Gasteiger partial charge is 0.481 e. The Morgan fingerprint density at radius 2 is 2.10 bits per heavy atom. The molecule has 0 saturated heterocycles. The van der Waals surface area contributed by atoms with E-state index in [9.17, 15) is 9.59 Å². The average Bonchev–Trinajstić information content (AvgIpc) is 2.71. The fraction of sp³-hybridized carbons (Fsp3) is 0.238. The Bertz CT molecular complexity index is 1140. The van der Waals surface area contributed by atoms with Crippen molar-refractivity contribution >= 4 is 39.0 Å². The van der Waals surface area contributed by atoms with Gasteiger partial charge in [-0.25, -0.2) is 9.78 Å². The number of carboxylic acid groups (broad SMARTS) is 1. The summed E-state index contributed by atoms with van der Waals surface area (Å²) in [4.78, 5) is 28.6. The van der Waals surface area contributed by atoms with Crippen molar-refractivity contribution in [2.75, 3.05) is 6.61 Å². The lowest BCUT2D eigenvalue weighted by atomic mass is 10.1. The van der Waals surface area contributed by atoms with E-state index in [0.29, 0.717) is 28.0 Å². The van der Waals surface area contributed by atoms with Crippen molar-refractivity contribution in [3.8, 4) is 5.75 Å². The van der Waals surface area contributed by atoms with E-state index >= 15 is 0 Å². The number of para-hydroxylation sites is 1. The molecular formula is C21H20BrN3O4. The topological polar surface area (TPSA) is 93.8 Å². The molecule has 150 valence electrons. The molecule has 0 amide bonds. The zero-order valence-electron chi connectivity index (χ0n) is 16.0. The smallest absolute Gasteiger partial charge is 0.341 e. The Kier molecular flexibility index (Phi) is 6.43. The quantitative estimate of drug-likeness (QED) is 0.540.